The highest BCUT2D eigenvalue weighted by atomic mass is 32.1. The van der Waals surface area contributed by atoms with Crippen molar-refractivity contribution >= 4 is 28.2 Å². The lowest BCUT2D eigenvalue weighted by Gasteiger charge is -2.33. The summed E-state index contributed by atoms with van der Waals surface area (Å²) in [7, 11) is 1.38. The predicted octanol–water partition coefficient (Wildman–Crippen LogP) is 5.71. The lowest BCUT2D eigenvalue weighted by atomic mass is 9.72. The molecule has 2 unspecified atom stereocenters. The number of anilines is 1. The highest BCUT2D eigenvalue weighted by molar-refractivity contribution is 7.17. The number of nitrogens with one attached hydrogen (secondary N) is 1. The van der Waals surface area contributed by atoms with Gasteiger partial charge < -0.3 is 14.8 Å². The molecular weight excluding hydrogens is 410 g/mol. The number of thiophene rings is 1. The Labute approximate surface area is 189 Å². The van der Waals surface area contributed by atoms with Crippen LogP contribution in [0.3, 0.4) is 0 Å². The van der Waals surface area contributed by atoms with Gasteiger partial charge in [0.25, 0.3) is 5.91 Å². The predicted molar refractivity (Wildman–Crippen MR) is 125 cm³/mol. The number of carbonyl (C=O) groups excluding carboxylic acids is 2. The highest BCUT2D eigenvalue weighted by Crippen LogP contribution is 2.44. The van der Waals surface area contributed by atoms with Gasteiger partial charge >= 0.3 is 5.97 Å². The molecule has 1 heterocycles. The number of benzene rings is 1. The minimum absolute atomic E-state index is 0.199. The lowest BCUT2D eigenvalue weighted by molar-refractivity contribution is -0.122. The molecule has 168 valence electrons. The molecule has 1 aromatic heterocycles. The molecule has 0 aliphatic heterocycles. The Morgan fingerprint density at radius 1 is 1.19 bits per heavy atom. The zero-order valence-corrected chi connectivity index (χ0v) is 20.4. The van der Waals surface area contributed by atoms with Gasteiger partial charge in [0.05, 0.1) is 12.7 Å². The van der Waals surface area contributed by atoms with Gasteiger partial charge in [0.2, 0.25) is 0 Å². The van der Waals surface area contributed by atoms with Gasteiger partial charge in [-0.2, -0.15) is 0 Å². The molecule has 1 N–H and O–H groups in total. The number of para-hydroxylation sites is 1. The summed E-state index contributed by atoms with van der Waals surface area (Å²) in [6.45, 7) is 12.4. The maximum atomic E-state index is 13.0. The topological polar surface area (TPSA) is 64.6 Å². The number of rotatable bonds is 5. The van der Waals surface area contributed by atoms with E-state index >= 15 is 0 Å². The normalized spacial score (nSPS) is 16.9. The molecule has 0 saturated heterocycles. The molecule has 1 aliphatic carbocycles. The third-order valence-corrected chi connectivity index (χ3v) is 7.36. The quantitative estimate of drug-likeness (QED) is 0.601. The van der Waals surface area contributed by atoms with Crippen LogP contribution in [0, 0.1) is 25.2 Å². The molecule has 0 spiro atoms. The van der Waals surface area contributed by atoms with Crippen LogP contribution in [0.15, 0.2) is 18.2 Å². The summed E-state index contributed by atoms with van der Waals surface area (Å²) < 4.78 is 11.0. The van der Waals surface area contributed by atoms with E-state index in [0.29, 0.717) is 16.5 Å². The van der Waals surface area contributed by atoms with Crippen molar-refractivity contribution in [3.8, 4) is 5.75 Å². The summed E-state index contributed by atoms with van der Waals surface area (Å²) in [5.41, 5.74) is 3.69. The van der Waals surface area contributed by atoms with E-state index in [2.05, 4.69) is 26.1 Å². The summed E-state index contributed by atoms with van der Waals surface area (Å²) in [6.07, 6.45) is 2.06. The van der Waals surface area contributed by atoms with Crippen LogP contribution in [0.2, 0.25) is 0 Å². The number of fused-ring (bicyclic) bond motifs is 1. The third kappa shape index (κ3) is 4.95. The van der Waals surface area contributed by atoms with Gasteiger partial charge in [0, 0.05) is 4.88 Å². The number of ether oxygens (including phenoxy) is 2. The number of aryl methyl sites for hydroxylation is 2. The minimum Gasteiger partial charge on any atom is -0.480 e. The molecule has 1 aromatic carbocycles. The third-order valence-electron chi connectivity index (χ3n) is 6.19. The van der Waals surface area contributed by atoms with Crippen LogP contribution in [0.4, 0.5) is 5.00 Å². The smallest absolute Gasteiger partial charge is 0.341 e. The van der Waals surface area contributed by atoms with Crippen LogP contribution in [0.5, 0.6) is 5.75 Å². The molecule has 3 rings (SSSR count). The number of hydrogen-bond donors (Lipinski definition) is 1. The molecule has 0 fully saturated rings. The van der Waals surface area contributed by atoms with Crippen molar-refractivity contribution < 1.29 is 19.1 Å². The Balaban J connectivity index is 1.84. The van der Waals surface area contributed by atoms with Gasteiger partial charge in [-0.1, -0.05) is 39.0 Å². The van der Waals surface area contributed by atoms with E-state index < -0.39 is 12.1 Å². The average Bonchev–Trinajstić information content (AvgIpc) is 3.06. The molecule has 1 aliphatic rings. The second-order valence-corrected chi connectivity index (χ2v) is 10.6. The molecular formula is C25H33NO4S. The molecule has 0 bridgehead atoms. The van der Waals surface area contributed by atoms with Crippen molar-refractivity contribution in [3.63, 3.8) is 0 Å². The second-order valence-electron chi connectivity index (χ2n) is 9.48. The van der Waals surface area contributed by atoms with Crippen LogP contribution in [0.25, 0.3) is 0 Å². The molecule has 5 nitrogen and oxygen atoms in total. The van der Waals surface area contributed by atoms with E-state index in [-0.39, 0.29) is 11.3 Å². The Morgan fingerprint density at radius 2 is 1.84 bits per heavy atom. The van der Waals surface area contributed by atoms with Crippen LogP contribution >= 0.6 is 11.3 Å². The van der Waals surface area contributed by atoms with Crippen LogP contribution in [0.1, 0.15) is 66.0 Å². The number of esters is 1. The monoisotopic (exact) mass is 443 g/mol. The summed E-state index contributed by atoms with van der Waals surface area (Å²) in [4.78, 5) is 26.7. The van der Waals surface area contributed by atoms with Gasteiger partial charge in [-0.05, 0) is 68.1 Å². The Bertz CT molecular complexity index is 966. The first kappa shape index (κ1) is 23.3. The Kier molecular flexibility index (Phi) is 6.79. The standard InChI is InChI=1S/C25H33NO4S/c1-14-9-8-10-15(2)21(14)30-16(3)22(27)26-23-20(24(28)29-7)18-12-11-17(25(4,5)6)13-19(18)31-23/h8-10,16-17H,11-13H2,1-7H3,(H,26,27). The zero-order chi connectivity index (χ0) is 22.9. The molecule has 2 atom stereocenters. The molecule has 0 radical (unpaired) electrons. The summed E-state index contributed by atoms with van der Waals surface area (Å²) >= 11 is 1.50. The van der Waals surface area contributed by atoms with Gasteiger partial charge in [0.1, 0.15) is 10.8 Å². The number of carbonyl (C=O) groups is 2. The first-order valence-electron chi connectivity index (χ1n) is 10.8. The van der Waals surface area contributed by atoms with E-state index in [1.54, 1.807) is 6.92 Å². The summed E-state index contributed by atoms with van der Waals surface area (Å²) in [5, 5.41) is 3.51. The van der Waals surface area contributed by atoms with Crippen molar-refractivity contribution in [1.29, 1.82) is 0 Å². The van der Waals surface area contributed by atoms with E-state index in [1.165, 1.54) is 23.3 Å². The maximum Gasteiger partial charge on any atom is 0.341 e. The first-order chi connectivity index (χ1) is 14.5. The van der Waals surface area contributed by atoms with Crippen molar-refractivity contribution in [1.82, 2.24) is 0 Å². The van der Waals surface area contributed by atoms with E-state index in [4.69, 9.17) is 9.47 Å². The molecule has 0 saturated carbocycles. The van der Waals surface area contributed by atoms with E-state index in [0.717, 1.165) is 41.7 Å². The van der Waals surface area contributed by atoms with Gasteiger partial charge in [-0.15, -0.1) is 11.3 Å². The fourth-order valence-corrected chi connectivity index (χ4v) is 5.48. The Hall–Kier alpha value is -2.34. The van der Waals surface area contributed by atoms with Crippen molar-refractivity contribution in [2.45, 2.75) is 66.9 Å². The van der Waals surface area contributed by atoms with Gasteiger partial charge in [0.15, 0.2) is 6.10 Å². The van der Waals surface area contributed by atoms with Crippen LogP contribution in [-0.2, 0) is 22.4 Å². The SMILES string of the molecule is COC(=O)c1c(NC(=O)C(C)Oc2c(C)cccc2C)sc2c1CCC(C(C)(C)C)C2. The largest absolute Gasteiger partial charge is 0.480 e. The van der Waals surface area contributed by atoms with Gasteiger partial charge in [-0.3, -0.25) is 4.79 Å². The molecule has 6 heteroatoms. The van der Waals surface area contributed by atoms with Crippen LogP contribution < -0.4 is 10.1 Å². The van der Waals surface area contributed by atoms with Crippen LogP contribution in [-0.4, -0.2) is 25.1 Å². The van der Waals surface area contributed by atoms with E-state index in [9.17, 15) is 9.59 Å². The fraction of sp³-hybridized carbons (Fsp3) is 0.520. The average molecular weight is 444 g/mol. The zero-order valence-electron chi connectivity index (χ0n) is 19.5. The fourth-order valence-electron chi connectivity index (χ4n) is 4.16. The number of hydrogen-bond acceptors (Lipinski definition) is 5. The molecule has 2 aromatic rings. The molecule has 31 heavy (non-hydrogen) atoms. The Morgan fingerprint density at radius 3 is 2.42 bits per heavy atom. The summed E-state index contributed by atoms with van der Waals surface area (Å²) in [5.74, 6) is 0.583. The lowest BCUT2D eigenvalue weighted by Crippen LogP contribution is -2.31. The maximum absolute atomic E-state index is 13.0. The van der Waals surface area contributed by atoms with Gasteiger partial charge in [-0.25, -0.2) is 4.79 Å². The number of methoxy groups -OCH3 is 1. The minimum atomic E-state index is -0.702. The molecule has 1 amide bonds. The first-order valence-corrected chi connectivity index (χ1v) is 11.6. The summed E-state index contributed by atoms with van der Waals surface area (Å²) in [6, 6.07) is 5.88. The van der Waals surface area contributed by atoms with Crippen molar-refractivity contribution in [2.24, 2.45) is 11.3 Å². The van der Waals surface area contributed by atoms with Crippen molar-refractivity contribution in [3.05, 3.63) is 45.3 Å². The number of amides is 1. The highest BCUT2D eigenvalue weighted by Gasteiger charge is 2.34. The van der Waals surface area contributed by atoms with E-state index in [1.807, 2.05) is 32.0 Å². The van der Waals surface area contributed by atoms with Crippen molar-refractivity contribution in [2.75, 3.05) is 12.4 Å². The second kappa shape index (κ2) is 9.03.